The molecule has 0 radical (unpaired) electrons. The van der Waals surface area contributed by atoms with Gasteiger partial charge in [-0.05, 0) is 66.3 Å². The van der Waals surface area contributed by atoms with Crippen LogP contribution in [-0.4, -0.2) is 39.5 Å². The minimum Gasteiger partial charge on any atom is -0.508 e. The molecule has 1 aliphatic heterocycles. The molecule has 4 rings (SSSR count). The Labute approximate surface area is 213 Å². The molecule has 0 aromatic heterocycles. The molecule has 6 nitrogen and oxygen atoms in total. The van der Waals surface area contributed by atoms with Gasteiger partial charge in [0.25, 0.3) is 0 Å². The van der Waals surface area contributed by atoms with Crippen LogP contribution >= 0.6 is 0 Å². The van der Waals surface area contributed by atoms with Crippen LogP contribution in [0.1, 0.15) is 48.8 Å². The van der Waals surface area contributed by atoms with Gasteiger partial charge in [0.15, 0.2) is 13.6 Å². The molecule has 0 amide bonds. The van der Waals surface area contributed by atoms with Crippen molar-refractivity contribution in [3.63, 3.8) is 0 Å². The summed E-state index contributed by atoms with van der Waals surface area (Å²) >= 11 is 0. The van der Waals surface area contributed by atoms with Crippen LogP contribution in [0.4, 0.5) is 0 Å². The number of rotatable bonds is 12. The van der Waals surface area contributed by atoms with Crippen molar-refractivity contribution in [2.75, 3.05) is 34.4 Å². The average Bonchev–Trinajstić information content (AvgIpc) is 2.91. The maximum atomic E-state index is 9.54. The first kappa shape index (κ1) is 25.9. The van der Waals surface area contributed by atoms with E-state index in [1.807, 2.05) is 36.4 Å². The summed E-state index contributed by atoms with van der Waals surface area (Å²) in [6.45, 7) is 3.30. The van der Waals surface area contributed by atoms with Gasteiger partial charge in [-0.25, -0.2) is 0 Å². The van der Waals surface area contributed by atoms with Crippen molar-refractivity contribution in [2.24, 2.45) is 0 Å². The van der Waals surface area contributed by atoms with E-state index in [-0.39, 0.29) is 24.9 Å². The first-order valence-electron chi connectivity index (χ1n) is 12.4. The average molecular weight is 493 g/mol. The molecule has 1 heterocycles. The molecule has 0 spiro atoms. The zero-order valence-electron chi connectivity index (χ0n) is 21.4. The summed E-state index contributed by atoms with van der Waals surface area (Å²) in [5.74, 6) is 2.99. The number of methoxy groups -OCH3 is 2. The van der Waals surface area contributed by atoms with Crippen molar-refractivity contribution in [3.8, 4) is 23.0 Å². The Morgan fingerprint density at radius 1 is 0.861 bits per heavy atom. The van der Waals surface area contributed by atoms with E-state index in [1.54, 1.807) is 26.4 Å². The number of aryl methyl sites for hydroxylation is 1. The summed E-state index contributed by atoms with van der Waals surface area (Å²) < 4.78 is 27.6. The second-order valence-corrected chi connectivity index (χ2v) is 9.50. The topological polar surface area (TPSA) is 66.4 Å². The first-order chi connectivity index (χ1) is 17.5. The van der Waals surface area contributed by atoms with Gasteiger partial charge in [-0.3, -0.25) is 0 Å². The summed E-state index contributed by atoms with van der Waals surface area (Å²) in [5, 5.41) is 9.54. The summed E-state index contributed by atoms with van der Waals surface area (Å²) in [5.41, 5.74) is 3.48. The molecule has 0 aliphatic carbocycles. The molecule has 0 fully saturated rings. The second-order valence-electron chi connectivity index (χ2n) is 9.50. The van der Waals surface area contributed by atoms with E-state index in [4.69, 9.17) is 23.7 Å². The Kier molecular flexibility index (Phi) is 8.73. The van der Waals surface area contributed by atoms with Gasteiger partial charge < -0.3 is 28.8 Å². The van der Waals surface area contributed by atoms with Gasteiger partial charge in [-0.15, -0.1) is 0 Å². The Hall–Kier alpha value is -3.22. The lowest BCUT2D eigenvalue weighted by atomic mass is 9.66. The second kappa shape index (κ2) is 12.2. The number of unbranched alkanes of at least 4 members (excludes halogenated alkanes) is 1. The van der Waals surface area contributed by atoms with Gasteiger partial charge in [-0.2, -0.15) is 0 Å². The zero-order valence-corrected chi connectivity index (χ0v) is 21.4. The fourth-order valence-corrected chi connectivity index (χ4v) is 4.97. The fourth-order valence-electron chi connectivity index (χ4n) is 4.97. The minimum atomic E-state index is -0.194. The summed E-state index contributed by atoms with van der Waals surface area (Å²) in [4.78, 5) is 0. The van der Waals surface area contributed by atoms with Crippen molar-refractivity contribution < 1.29 is 28.8 Å². The number of benzene rings is 3. The third-order valence-electron chi connectivity index (χ3n) is 7.00. The lowest BCUT2D eigenvalue weighted by Gasteiger charge is -2.43. The molecule has 1 N–H and O–H groups in total. The van der Waals surface area contributed by atoms with Crippen LogP contribution in [0.25, 0.3) is 0 Å². The Morgan fingerprint density at radius 3 is 2.22 bits per heavy atom. The quantitative estimate of drug-likeness (QED) is 0.240. The molecule has 6 heteroatoms. The maximum absolute atomic E-state index is 9.54. The smallest absolute Gasteiger partial charge is 0.188 e. The number of hydrogen-bond donors (Lipinski definition) is 1. The lowest BCUT2D eigenvalue weighted by Crippen LogP contribution is -2.40. The number of hydrogen-bond acceptors (Lipinski definition) is 6. The zero-order chi connectivity index (χ0) is 25.4. The first-order valence-corrected chi connectivity index (χ1v) is 12.4. The van der Waals surface area contributed by atoms with Gasteiger partial charge in [0, 0.05) is 31.6 Å². The third-order valence-corrected chi connectivity index (χ3v) is 7.00. The van der Waals surface area contributed by atoms with Crippen LogP contribution in [0.2, 0.25) is 0 Å². The van der Waals surface area contributed by atoms with E-state index < -0.39 is 0 Å². The predicted octanol–water partition coefficient (Wildman–Crippen LogP) is 6.20. The highest BCUT2D eigenvalue weighted by Gasteiger charge is 2.42. The number of ether oxygens (including phenoxy) is 5. The van der Waals surface area contributed by atoms with Crippen molar-refractivity contribution in [3.05, 3.63) is 83.4 Å². The van der Waals surface area contributed by atoms with E-state index >= 15 is 0 Å². The Bertz CT molecular complexity index is 1100. The van der Waals surface area contributed by atoms with Gasteiger partial charge in [0.1, 0.15) is 23.0 Å². The molecule has 2 atom stereocenters. The van der Waals surface area contributed by atoms with Crippen LogP contribution in [0, 0.1) is 0 Å². The number of aromatic hydroxyl groups is 1. The Balaban J connectivity index is 1.54. The molecule has 0 unspecified atom stereocenters. The number of phenols is 1. The number of phenolic OH excluding ortho intramolecular Hbond substituents is 1. The molecule has 1 aliphatic rings. The highest BCUT2D eigenvalue weighted by Crippen LogP contribution is 2.50. The molecule has 3 aromatic rings. The van der Waals surface area contributed by atoms with E-state index in [0.29, 0.717) is 12.4 Å². The van der Waals surface area contributed by atoms with Crippen LogP contribution in [0.5, 0.6) is 23.0 Å². The van der Waals surface area contributed by atoms with Crippen LogP contribution in [0.15, 0.2) is 66.7 Å². The van der Waals surface area contributed by atoms with Crippen molar-refractivity contribution >= 4 is 0 Å². The summed E-state index contributed by atoms with van der Waals surface area (Å²) in [6, 6.07) is 21.9. The molecular formula is C30H36O6. The predicted molar refractivity (Wildman–Crippen MR) is 139 cm³/mol. The van der Waals surface area contributed by atoms with E-state index in [1.165, 1.54) is 16.7 Å². The molecular weight excluding hydrogens is 456 g/mol. The lowest BCUT2D eigenvalue weighted by molar-refractivity contribution is 0.0505. The molecule has 3 aromatic carbocycles. The molecule has 0 bridgehead atoms. The van der Waals surface area contributed by atoms with E-state index in [9.17, 15) is 5.11 Å². The minimum absolute atomic E-state index is 0.194. The molecule has 192 valence electrons. The molecule has 36 heavy (non-hydrogen) atoms. The standard InChI is InChI=1S/C30H36O6/c1-30(23-10-14-25(15-11-23)35-20-32-2)19-34-29-18-26(36-21-33-3)16-17-27(29)28(30)7-5-4-6-22-8-12-24(31)13-9-22/h8-18,28,31H,4-7,19-21H2,1-3H3/t28-,30-/m1/s1. The van der Waals surface area contributed by atoms with Crippen molar-refractivity contribution in [2.45, 2.75) is 43.9 Å². The van der Waals surface area contributed by atoms with Crippen LogP contribution < -0.4 is 14.2 Å². The van der Waals surface area contributed by atoms with Crippen molar-refractivity contribution in [1.82, 2.24) is 0 Å². The normalized spacial score (nSPS) is 18.8. The highest BCUT2D eigenvalue weighted by molar-refractivity contribution is 5.48. The monoisotopic (exact) mass is 492 g/mol. The van der Waals surface area contributed by atoms with Crippen molar-refractivity contribution in [1.29, 1.82) is 0 Å². The van der Waals surface area contributed by atoms with Crippen LogP contribution in [0.3, 0.4) is 0 Å². The largest absolute Gasteiger partial charge is 0.508 e. The van der Waals surface area contributed by atoms with Crippen LogP contribution in [-0.2, 0) is 21.3 Å². The third kappa shape index (κ3) is 6.12. The maximum Gasteiger partial charge on any atom is 0.188 e. The SMILES string of the molecule is COCOc1ccc([C@@]2(C)COc3cc(OCOC)ccc3[C@H]2CCCCc2ccc(O)cc2)cc1. The summed E-state index contributed by atoms with van der Waals surface area (Å²) in [7, 11) is 3.23. The molecule has 0 saturated carbocycles. The fraction of sp³-hybridized carbons (Fsp3) is 0.400. The van der Waals surface area contributed by atoms with Gasteiger partial charge >= 0.3 is 0 Å². The number of fused-ring (bicyclic) bond motifs is 1. The Morgan fingerprint density at radius 2 is 1.53 bits per heavy atom. The molecule has 0 saturated heterocycles. The highest BCUT2D eigenvalue weighted by atomic mass is 16.7. The van der Waals surface area contributed by atoms with E-state index in [2.05, 4.69) is 25.1 Å². The van der Waals surface area contributed by atoms with Gasteiger partial charge in [0.2, 0.25) is 0 Å². The van der Waals surface area contributed by atoms with Gasteiger partial charge in [0.05, 0.1) is 6.61 Å². The summed E-state index contributed by atoms with van der Waals surface area (Å²) in [6.07, 6.45) is 4.18. The van der Waals surface area contributed by atoms with Gasteiger partial charge in [-0.1, -0.05) is 43.7 Å². The van der Waals surface area contributed by atoms with E-state index in [0.717, 1.165) is 42.9 Å².